The van der Waals surface area contributed by atoms with Gasteiger partial charge >= 0.3 is 0 Å². The Morgan fingerprint density at radius 1 is 1.26 bits per heavy atom. The Labute approximate surface area is 106 Å². The molecule has 0 saturated heterocycles. The van der Waals surface area contributed by atoms with Gasteiger partial charge in [-0.3, -0.25) is 9.78 Å². The molecule has 0 radical (unpaired) electrons. The monoisotopic (exact) mass is 259 g/mol. The first-order valence-corrected chi connectivity index (χ1v) is 5.58. The first-order chi connectivity index (χ1) is 9.15. The van der Waals surface area contributed by atoms with Crippen LogP contribution in [0.2, 0.25) is 0 Å². The highest BCUT2D eigenvalue weighted by Crippen LogP contribution is 2.19. The quantitative estimate of drug-likeness (QED) is 0.732. The average Bonchev–Trinajstić information content (AvgIpc) is 2.87. The number of benzene rings is 1. The Morgan fingerprint density at radius 2 is 2.00 bits per heavy atom. The van der Waals surface area contributed by atoms with Crippen molar-refractivity contribution in [1.82, 2.24) is 19.9 Å². The first-order valence-electron chi connectivity index (χ1n) is 5.58. The van der Waals surface area contributed by atoms with E-state index in [4.69, 9.17) is 0 Å². The van der Waals surface area contributed by atoms with Crippen LogP contribution in [0.1, 0.15) is 0 Å². The number of anilines is 2. The number of imidazole rings is 1. The fourth-order valence-corrected chi connectivity index (χ4v) is 1.78. The van der Waals surface area contributed by atoms with E-state index in [0.717, 1.165) is 0 Å². The summed E-state index contributed by atoms with van der Waals surface area (Å²) in [5, 5.41) is 0. The predicted molar refractivity (Wildman–Crippen MR) is 69.0 cm³/mol. The third-order valence-corrected chi connectivity index (χ3v) is 2.82. The van der Waals surface area contributed by atoms with Gasteiger partial charge in [0.2, 0.25) is 5.95 Å². The van der Waals surface area contributed by atoms with Gasteiger partial charge in [0.1, 0.15) is 5.82 Å². The molecular formula is C12H10FN5O. The van der Waals surface area contributed by atoms with Crippen molar-refractivity contribution in [2.75, 3.05) is 11.9 Å². The smallest absolute Gasteiger partial charge is 0.278 e. The van der Waals surface area contributed by atoms with Crippen LogP contribution in [0.25, 0.3) is 11.2 Å². The van der Waals surface area contributed by atoms with Gasteiger partial charge in [0.05, 0.1) is 6.33 Å². The third-order valence-electron chi connectivity index (χ3n) is 2.82. The molecule has 1 aromatic carbocycles. The average molecular weight is 259 g/mol. The van der Waals surface area contributed by atoms with Crippen LogP contribution in [0.4, 0.5) is 16.0 Å². The van der Waals surface area contributed by atoms with E-state index >= 15 is 0 Å². The SMILES string of the molecule is CN(c1ccc(F)cc1)c1nc2nc[nH]c2c(=O)[nH]1. The van der Waals surface area contributed by atoms with Crippen molar-refractivity contribution in [2.24, 2.45) is 0 Å². The summed E-state index contributed by atoms with van der Waals surface area (Å²) in [6.45, 7) is 0. The number of nitrogens with zero attached hydrogens (tertiary/aromatic N) is 3. The Kier molecular flexibility index (Phi) is 2.52. The van der Waals surface area contributed by atoms with E-state index in [9.17, 15) is 9.18 Å². The molecule has 0 aliphatic heterocycles. The molecule has 19 heavy (non-hydrogen) atoms. The van der Waals surface area contributed by atoms with Crippen LogP contribution in [0.3, 0.4) is 0 Å². The molecule has 2 heterocycles. The lowest BCUT2D eigenvalue weighted by Gasteiger charge is -2.17. The molecule has 0 fully saturated rings. The highest BCUT2D eigenvalue weighted by atomic mass is 19.1. The molecule has 96 valence electrons. The number of aromatic nitrogens is 4. The standard InChI is InChI=1S/C12H10FN5O/c1-18(8-4-2-7(13)3-5-8)12-16-10-9(11(19)17-12)14-6-15-10/h2-6H,1H3,(H2,14,15,16,17,19). The Bertz CT molecular complexity index is 777. The molecule has 3 aromatic rings. The summed E-state index contributed by atoms with van der Waals surface area (Å²) < 4.78 is 12.9. The molecule has 2 N–H and O–H groups in total. The maximum atomic E-state index is 12.9. The maximum Gasteiger partial charge on any atom is 0.278 e. The number of halogens is 1. The summed E-state index contributed by atoms with van der Waals surface area (Å²) in [7, 11) is 1.73. The molecule has 2 aromatic heterocycles. The topological polar surface area (TPSA) is 77.7 Å². The fraction of sp³-hybridized carbons (Fsp3) is 0.0833. The largest absolute Gasteiger partial charge is 0.339 e. The minimum Gasteiger partial charge on any atom is -0.339 e. The van der Waals surface area contributed by atoms with E-state index in [2.05, 4.69) is 19.9 Å². The molecule has 0 aliphatic rings. The van der Waals surface area contributed by atoms with Gasteiger partial charge in [-0.15, -0.1) is 0 Å². The van der Waals surface area contributed by atoms with Gasteiger partial charge in [-0.05, 0) is 24.3 Å². The van der Waals surface area contributed by atoms with Crippen LogP contribution >= 0.6 is 0 Å². The lowest BCUT2D eigenvalue weighted by atomic mass is 10.3. The minimum absolute atomic E-state index is 0.300. The van der Waals surface area contributed by atoms with E-state index in [-0.39, 0.29) is 11.4 Å². The maximum absolute atomic E-state index is 12.9. The van der Waals surface area contributed by atoms with Crippen molar-refractivity contribution in [3.63, 3.8) is 0 Å². The molecule has 0 unspecified atom stereocenters. The summed E-state index contributed by atoms with van der Waals surface area (Å²) in [6, 6.07) is 5.89. The molecule has 3 rings (SSSR count). The second kappa shape index (κ2) is 4.20. The molecule has 0 aliphatic carbocycles. The van der Waals surface area contributed by atoms with Crippen LogP contribution in [0.5, 0.6) is 0 Å². The van der Waals surface area contributed by atoms with Gasteiger partial charge in [-0.1, -0.05) is 0 Å². The number of rotatable bonds is 2. The summed E-state index contributed by atoms with van der Waals surface area (Å²) in [5.74, 6) is 0.0255. The normalized spacial score (nSPS) is 10.8. The zero-order valence-electron chi connectivity index (χ0n) is 10.0. The number of hydrogen-bond acceptors (Lipinski definition) is 4. The molecule has 0 amide bonds. The van der Waals surface area contributed by atoms with E-state index in [1.807, 2.05) is 0 Å². The molecule has 6 nitrogen and oxygen atoms in total. The van der Waals surface area contributed by atoms with Crippen molar-refractivity contribution < 1.29 is 4.39 Å². The lowest BCUT2D eigenvalue weighted by Crippen LogP contribution is -2.18. The van der Waals surface area contributed by atoms with Crippen LogP contribution in [0.15, 0.2) is 35.4 Å². The number of fused-ring (bicyclic) bond motifs is 1. The second-order valence-corrected chi connectivity index (χ2v) is 4.03. The van der Waals surface area contributed by atoms with Crippen molar-refractivity contribution in [3.05, 3.63) is 46.8 Å². The van der Waals surface area contributed by atoms with Gasteiger partial charge in [0, 0.05) is 12.7 Å². The summed E-state index contributed by atoms with van der Waals surface area (Å²) >= 11 is 0. The van der Waals surface area contributed by atoms with E-state index in [1.54, 1.807) is 24.1 Å². The Hall–Kier alpha value is -2.70. The van der Waals surface area contributed by atoms with Crippen molar-refractivity contribution >= 4 is 22.8 Å². The summed E-state index contributed by atoms with van der Waals surface area (Å²) in [6.07, 6.45) is 1.41. The van der Waals surface area contributed by atoms with Gasteiger partial charge in [0.25, 0.3) is 5.56 Å². The fourth-order valence-electron chi connectivity index (χ4n) is 1.78. The number of nitrogens with one attached hydrogen (secondary N) is 2. The first kappa shape index (κ1) is 11.4. The van der Waals surface area contributed by atoms with Crippen LogP contribution < -0.4 is 10.5 Å². The van der Waals surface area contributed by atoms with Gasteiger partial charge in [-0.25, -0.2) is 9.37 Å². The highest BCUT2D eigenvalue weighted by Gasteiger charge is 2.10. The van der Waals surface area contributed by atoms with Crippen molar-refractivity contribution in [3.8, 4) is 0 Å². The number of H-pyrrole nitrogens is 2. The van der Waals surface area contributed by atoms with E-state index in [0.29, 0.717) is 22.8 Å². The minimum atomic E-state index is -0.318. The zero-order valence-corrected chi connectivity index (χ0v) is 10.0. The third kappa shape index (κ3) is 1.95. The second-order valence-electron chi connectivity index (χ2n) is 4.03. The summed E-state index contributed by atoms with van der Waals surface area (Å²) in [4.78, 5) is 27.0. The molecule has 0 saturated carbocycles. The van der Waals surface area contributed by atoms with Crippen LogP contribution in [-0.2, 0) is 0 Å². The van der Waals surface area contributed by atoms with E-state index in [1.165, 1.54) is 18.5 Å². The molecule has 0 spiro atoms. The van der Waals surface area contributed by atoms with Crippen LogP contribution in [-0.4, -0.2) is 27.0 Å². The Morgan fingerprint density at radius 3 is 2.74 bits per heavy atom. The summed E-state index contributed by atoms with van der Waals surface area (Å²) in [5.41, 5.74) is 1.08. The molecule has 0 atom stereocenters. The highest BCUT2D eigenvalue weighted by molar-refractivity contribution is 5.71. The number of aromatic amines is 2. The molecular weight excluding hydrogens is 249 g/mol. The van der Waals surface area contributed by atoms with Crippen molar-refractivity contribution in [1.29, 1.82) is 0 Å². The van der Waals surface area contributed by atoms with Gasteiger partial charge in [0.15, 0.2) is 11.2 Å². The molecule has 0 bridgehead atoms. The number of hydrogen-bond donors (Lipinski definition) is 2. The lowest BCUT2D eigenvalue weighted by molar-refractivity contribution is 0.628. The van der Waals surface area contributed by atoms with E-state index < -0.39 is 0 Å². The predicted octanol–water partition coefficient (Wildman–Crippen LogP) is 1.55. The van der Waals surface area contributed by atoms with Gasteiger partial charge < -0.3 is 9.88 Å². The zero-order chi connectivity index (χ0) is 13.4. The Balaban J connectivity index is 2.08. The van der Waals surface area contributed by atoms with Crippen molar-refractivity contribution in [2.45, 2.75) is 0 Å². The van der Waals surface area contributed by atoms with Gasteiger partial charge in [-0.2, -0.15) is 4.98 Å². The van der Waals surface area contributed by atoms with Crippen LogP contribution in [0, 0.1) is 5.82 Å². The molecule has 7 heteroatoms.